The fourth-order valence-corrected chi connectivity index (χ4v) is 5.61. The molecule has 1 aliphatic carbocycles. The summed E-state index contributed by atoms with van der Waals surface area (Å²) in [5.41, 5.74) is 1.11. The average molecular weight is 345 g/mol. The molecule has 0 radical (unpaired) electrons. The number of hydrogen-bond acceptors (Lipinski definition) is 5. The molecule has 0 aromatic carbocycles. The molecule has 1 aromatic rings. The number of aromatic nitrogens is 1. The lowest BCUT2D eigenvalue weighted by molar-refractivity contribution is -0.118. The van der Waals surface area contributed by atoms with Crippen molar-refractivity contribution in [2.24, 2.45) is 0 Å². The van der Waals surface area contributed by atoms with Crippen LogP contribution < -0.4 is 5.32 Å². The number of carbonyl (C=O) groups is 1. The first kappa shape index (κ1) is 17.4. The molecule has 0 unspecified atom stereocenters. The van der Waals surface area contributed by atoms with Gasteiger partial charge in [0.15, 0.2) is 9.84 Å². The topological polar surface area (TPSA) is 76.1 Å². The van der Waals surface area contributed by atoms with Gasteiger partial charge < -0.3 is 5.32 Å². The summed E-state index contributed by atoms with van der Waals surface area (Å²) in [6.07, 6.45) is 4.87. The number of nitrogens with one attached hydrogen (secondary N) is 1. The second-order valence-electron chi connectivity index (χ2n) is 5.78. The third-order valence-electron chi connectivity index (χ3n) is 4.08. The molecule has 1 heterocycles. The van der Waals surface area contributed by atoms with Crippen LogP contribution in [0.5, 0.6) is 0 Å². The van der Waals surface area contributed by atoms with E-state index >= 15 is 0 Å². The van der Waals surface area contributed by atoms with Gasteiger partial charge in [0.05, 0.1) is 16.0 Å². The quantitative estimate of drug-likeness (QED) is 0.821. The Morgan fingerprint density at radius 2 is 2.05 bits per heavy atom. The van der Waals surface area contributed by atoms with Gasteiger partial charge >= 0.3 is 0 Å². The van der Waals surface area contributed by atoms with E-state index in [1.165, 1.54) is 4.88 Å². The van der Waals surface area contributed by atoms with Crippen molar-refractivity contribution in [1.82, 2.24) is 10.3 Å². The Hall–Kier alpha value is -0.950. The Bertz CT molecular complexity index is 617. The van der Waals surface area contributed by atoms with Crippen LogP contribution in [0.2, 0.25) is 0 Å². The Labute approximate surface area is 136 Å². The molecule has 124 valence electrons. The molecule has 1 aliphatic rings. The predicted molar refractivity (Wildman–Crippen MR) is 89.0 cm³/mol. The van der Waals surface area contributed by atoms with Crippen LogP contribution in [0, 0.1) is 6.92 Å². The predicted octanol–water partition coefficient (Wildman–Crippen LogP) is 2.03. The van der Waals surface area contributed by atoms with Gasteiger partial charge in [-0.05, 0) is 26.2 Å². The monoisotopic (exact) mass is 344 g/mol. The minimum absolute atomic E-state index is 0.313. The van der Waals surface area contributed by atoms with E-state index in [-0.39, 0.29) is 11.0 Å². The standard InChI is InChI=1S/C15H24N2O3S2/c1-3-13-11(2)21-15(17-13)8-9-16-14(18)10-22(19,20)12-6-4-5-7-12/h12H,3-10H2,1-2H3,(H,16,18). The van der Waals surface area contributed by atoms with Crippen molar-refractivity contribution in [3.05, 3.63) is 15.6 Å². The number of thiazole rings is 1. The summed E-state index contributed by atoms with van der Waals surface area (Å²) in [7, 11) is -3.29. The van der Waals surface area contributed by atoms with Gasteiger partial charge in [-0.15, -0.1) is 11.3 Å². The molecular formula is C15H24N2O3S2. The van der Waals surface area contributed by atoms with Crippen LogP contribution in [0.15, 0.2) is 0 Å². The number of nitrogens with zero attached hydrogens (tertiary/aromatic N) is 1. The highest BCUT2D eigenvalue weighted by molar-refractivity contribution is 7.92. The van der Waals surface area contributed by atoms with Crippen molar-refractivity contribution in [3.8, 4) is 0 Å². The van der Waals surface area contributed by atoms with Crippen LogP contribution in [-0.2, 0) is 27.5 Å². The molecule has 0 saturated heterocycles. The summed E-state index contributed by atoms with van der Waals surface area (Å²) >= 11 is 1.64. The molecule has 0 atom stereocenters. The SMILES string of the molecule is CCc1nc(CCNC(=O)CS(=O)(=O)C2CCCC2)sc1C. The first-order valence-corrected chi connectivity index (χ1v) is 10.4. The highest BCUT2D eigenvalue weighted by atomic mass is 32.2. The first-order chi connectivity index (χ1) is 10.4. The lowest BCUT2D eigenvalue weighted by atomic mass is 10.3. The average Bonchev–Trinajstić information content (AvgIpc) is 3.08. The Balaban J connectivity index is 1.77. The number of carbonyl (C=O) groups excluding carboxylic acids is 1. The second-order valence-corrected chi connectivity index (χ2v) is 9.35. The van der Waals surface area contributed by atoms with Crippen LogP contribution >= 0.6 is 11.3 Å². The zero-order valence-corrected chi connectivity index (χ0v) is 14.9. The van der Waals surface area contributed by atoms with Crippen LogP contribution in [0.25, 0.3) is 0 Å². The fraction of sp³-hybridized carbons (Fsp3) is 0.733. The van der Waals surface area contributed by atoms with Gasteiger partial charge in [-0.1, -0.05) is 19.8 Å². The molecule has 2 rings (SSSR count). The first-order valence-electron chi connectivity index (χ1n) is 7.86. The molecule has 1 fully saturated rings. The summed E-state index contributed by atoms with van der Waals surface area (Å²) in [6, 6.07) is 0. The Kier molecular flexibility index (Phi) is 5.97. The van der Waals surface area contributed by atoms with Gasteiger partial charge in [-0.25, -0.2) is 13.4 Å². The normalized spacial score (nSPS) is 16.1. The summed E-state index contributed by atoms with van der Waals surface area (Å²) in [5, 5.41) is 3.39. The van der Waals surface area contributed by atoms with Crippen molar-refractivity contribution in [3.63, 3.8) is 0 Å². The highest BCUT2D eigenvalue weighted by Crippen LogP contribution is 2.25. The van der Waals surface area contributed by atoms with Gasteiger partial charge in [-0.2, -0.15) is 0 Å². The van der Waals surface area contributed by atoms with Crippen molar-refractivity contribution >= 4 is 27.1 Å². The number of sulfone groups is 1. The second kappa shape index (κ2) is 7.55. The van der Waals surface area contributed by atoms with E-state index in [2.05, 4.69) is 17.2 Å². The molecular weight excluding hydrogens is 320 g/mol. The van der Waals surface area contributed by atoms with Crippen molar-refractivity contribution in [1.29, 1.82) is 0 Å². The molecule has 1 N–H and O–H groups in total. The fourth-order valence-electron chi connectivity index (χ4n) is 2.83. The van der Waals surface area contributed by atoms with Crippen LogP contribution in [0.3, 0.4) is 0 Å². The maximum Gasteiger partial charge on any atom is 0.235 e. The molecule has 1 aromatic heterocycles. The maximum atomic E-state index is 12.1. The molecule has 5 nitrogen and oxygen atoms in total. The summed E-state index contributed by atoms with van der Waals surface area (Å²) in [6.45, 7) is 4.56. The minimum atomic E-state index is -3.29. The Morgan fingerprint density at radius 3 is 2.64 bits per heavy atom. The summed E-state index contributed by atoms with van der Waals surface area (Å²) < 4.78 is 24.2. The molecule has 1 amide bonds. The highest BCUT2D eigenvalue weighted by Gasteiger charge is 2.30. The maximum absolute atomic E-state index is 12.1. The van der Waals surface area contributed by atoms with Crippen molar-refractivity contribution < 1.29 is 13.2 Å². The number of hydrogen-bond donors (Lipinski definition) is 1. The molecule has 0 bridgehead atoms. The summed E-state index contributed by atoms with van der Waals surface area (Å²) in [5.74, 6) is -0.773. The molecule has 0 spiro atoms. The summed E-state index contributed by atoms with van der Waals surface area (Å²) in [4.78, 5) is 17.6. The van der Waals surface area contributed by atoms with E-state index in [9.17, 15) is 13.2 Å². The lowest BCUT2D eigenvalue weighted by Gasteiger charge is -2.10. The van der Waals surface area contributed by atoms with E-state index in [4.69, 9.17) is 0 Å². The van der Waals surface area contributed by atoms with Crippen LogP contribution in [0.1, 0.15) is 48.2 Å². The van der Waals surface area contributed by atoms with E-state index in [1.54, 1.807) is 11.3 Å². The zero-order valence-electron chi connectivity index (χ0n) is 13.2. The third-order valence-corrected chi connectivity index (χ3v) is 7.30. The molecule has 7 heteroatoms. The third kappa shape index (κ3) is 4.52. The number of amides is 1. The molecule has 0 aliphatic heterocycles. The van der Waals surface area contributed by atoms with E-state index in [0.717, 1.165) is 30.0 Å². The Morgan fingerprint density at radius 1 is 1.36 bits per heavy atom. The van der Waals surface area contributed by atoms with Gasteiger partial charge in [-0.3, -0.25) is 4.79 Å². The van der Waals surface area contributed by atoms with Gasteiger partial charge in [0.2, 0.25) is 5.91 Å². The number of rotatable bonds is 7. The lowest BCUT2D eigenvalue weighted by Crippen LogP contribution is -2.35. The van der Waals surface area contributed by atoms with Crippen LogP contribution in [0.4, 0.5) is 0 Å². The van der Waals surface area contributed by atoms with Crippen molar-refractivity contribution in [2.75, 3.05) is 12.3 Å². The van der Waals surface area contributed by atoms with Crippen LogP contribution in [-0.4, -0.2) is 36.9 Å². The van der Waals surface area contributed by atoms with Crippen molar-refractivity contribution in [2.45, 2.75) is 57.6 Å². The van der Waals surface area contributed by atoms with E-state index < -0.39 is 15.7 Å². The van der Waals surface area contributed by atoms with E-state index in [1.807, 2.05) is 6.92 Å². The largest absolute Gasteiger partial charge is 0.355 e. The smallest absolute Gasteiger partial charge is 0.235 e. The van der Waals surface area contributed by atoms with Gasteiger partial charge in [0.25, 0.3) is 0 Å². The minimum Gasteiger partial charge on any atom is -0.355 e. The molecule has 22 heavy (non-hydrogen) atoms. The van der Waals surface area contributed by atoms with Gasteiger partial charge in [0, 0.05) is 17.8 Å². The zero-order chi connectivity index (χ0) is 16.2. The number of aryl methyl sites for hydroxylation is 2. The van der Waals surface area contributed by atoms with Gasteiger partial charge in [0.1, 0.15) is 5.75 Å². The molecule has 1 saturated carbocycles. The van der Waals surface area contributed by atoms with E-state index in [0.29, 0.717) is 25.8 Å².